The summed E-state index contributed by atoms with van der Waals surface area (Å²) in [5.41, 5.74) is 1.52. The van der Waals surface area contributed by atoms with Crippen molar-refractivity contribution in [3.63, 3.8) is 0 Å². The number of likely N-dealkylation sites (tertiary alicyclic amines) is 1. The molecule has 0 radical (unpaired) electrons. The predicted molar refractivity (Wildman–Crippen MR) is 115 cm³/mol. The third-order valence-corrected chi connectivity index (χ3v) is 5.94. The van der Waals surface area contributed by atoms with E-state index in [1.54, 1.807) is 11.0 Å². The lowest BCUT2D eigenvalue weighted by molar-refractivity contribution is -0.127. The predicted octanol–water partition coefficient (Wildman–Crippen LogP) is 3.81. The van der Waals surface area contributed by atoms with Crippen LogP contribution in [0.1, 0.15) is 55.1 Å². The summed E-state index contributed by atoms with van der Waals surface area (Å²) in [6.07, 6.45) is 5.36. The number of hydrogen-bond donors (Lipinski definition) is 1. The van der Waals surface area contributed by atoms with Gasteiger partial charge in [0.15, 0.2) is 11.5 Å². The molecule has 1 aromatic carbocycles. The van der Waals surface area contributed by atoms with Crippen molar-refractivity contribution in [3.8, 4) is 11.5 Å². The highest BCUT2D eigenvalue weighted by atomic mass is 16.5. The lowest BCUT2D eigenvalue weighted by Gasteiger charge is -2.33. The molecule has 7 heteroatoms. The number of piperidine rings is 1. The summed E-state index contributed by atoms with van der Waals surface area (Å²) < 4.78 is 16.6. The number of hydrogen-bond acceptors (Lipinski definition) is 5. The Morgan fingerprint density at radius 2 is 1.90 bits per heavy atom. The molecule has 0 bridgehead atoms. The van der Waals surface area contributed by atoms with E-state index in [4.69, 9.17) is 13.9 Å². The molecule has 0 aliphatic carbocycles. The van der Waals surface area contributed by atoms with E-state index in [1.165, 1.54) is 12.5 Å². The lowest BCUT2D eigenvalue weighted by atomic mass is 9.92. The number of ether oxygens (including phenoxy) is 2. The molecule has 2 aliphatic heterocycles. The number of furan rings is 1. The standard InChI is InChI=1S/C24H30N2O5/c1-16(2)22(17-6-7-20-21(13-17)31-11-4-10-30-20)25-23(27)18-5-3-9-26(14-18)24(28)19-8-12-29-15-19/h6-8,12-13,15-16,18,22H,3-5,9-11,14H2,1-2H3,(H,25,27). The Labute approximate surface area is 182 Å². The van der Waals surface area contributed by atoms with Crippen LogP contribution < -0.4 is 14.8 Å². The smallest absolute Gasteiger partial charge is 0.257 e. The van der Waals surface area contributed by atoms with Crippen molar-refractivity contribution in [3.05, 3.63) is 47.9 Å². The Balaban J connectivity index is 1.45. The molecule has 166 valence electrons. The van der Waals surface area contributed by atoms with Crippen LogP contribution in [0.2, 0.25) is 0 Å². The molecule has 2 unspecified atom stereocenters. The van der Waals surface area contributed by atoms with Gasteiger partial charge in [0.25, 0.3) is 5.91 Å². The Hall–Kier alpha value is -2.96. The third-order valence-electron chi connectivity index (χ3n) is 5.94. The molecule has 4 rings (SSSR count). The number of carbonyl (C=O) groups is 2. The van der Waals surface area contributed by atoms with Gasteiger partial charge in [-0.25, -0.2) is 0 Å². The monoisotopic (exact) mass is 426 g/mol. The summed E-state index contributed by atoms with van der Waals surface area (Å²) in [6.45, 7) is 6.52. The molecule has 1 aromatic heterocycles. The molecule has 2 aromatic rings. The zero-order valence-electron chi connectivity index (χ0n) is 18.1. The minimum absolute atomic E-state index is 0.0181. The van der Waals surface area contributed by atoms with E-state index in [0.717, 1.165) is 36.3 Å². The van der Waals surface area contributed by atoms with Crippen molar-refractivity contribution in [2.24, 2.45) is 11.8 Å². The number of amides is 2. The van der Waals surface area contributed by atoms with Gasteiger partial charge in [-0.2, -0.15) is 0 Å². The Bertz CT molecular complexity index is 909. The molecule has 2 amide bonds. The quantitative estimate of drug-likeness (QED) is 0.786. The fourth-order valence-electron chi connectivity index (χ4n) is 4.22. The first-order valence-corrected chi connectivity index (χ1v) is 11.0. The van der Waals surface area contributed by atoms with Crippen LogP contribution >= 0.6 is 0 Å². The van der Waals surface area contributed by atoms with Crippen LogP contribution in [0, 0.1) is 11.8 Å². The maximum absolute atomic E-state index is 13.2. The molecule has 2 aliphatic rings. The molecule has 0 saturated carbocycles. The van der Waals surface area contributed by atoms with Crippen LogP contribution in [0.25, 0.3) is 0 Å². The second-order valence-electron chi connectivity index (χ2n) is 8.59. The molecule has 0 spiro atoms. The van der Waals surface area contributed by atoms with Gasteiger partial charge >= 0.3 is 0 Å². The van der Waals surface area contributed by atoms with Gasteiger partial charge in [-0.1, -0.05) is 19.9 Å². The van der Waals surface area contributed by atoms with Crippen molar-refractivity contribution in [1.29, 1.82) is 0 Å². The first kappa shape index (κ1) is 21.3. The molecule has 3 heterocycles. The summed E-state index contributed by atoms with van der Waals surface area (Å²) in [7, 11) is 0. The van der Waals surface area contributed by atoms with Gasteiger partial charge in [0.05, 0.1) is 37.0 Å². The zero-order chi connectivity index (χ0) is 21.8. The van der Waals surface area contributed by atoms with E-state index < -0.39 is 0 Å². The fourth-order valence-corrected chi connectivity index (χ4v) is 4.22. The highest BCUT2D eigenvalue weighted by Gasteiger charge is 2.31. The molecular weight excluding hydrogens is 396 g/mol. The van der Waals surface area contributed by atoms with Crippen molar-refractivity contribution in [1.82, 2.24) is 10.2 Å². The molecule has 1 saturated heterocycles. The summed E-state index contributed by atoms with van der Waals surface area (Å²) in [5.74, 6) is 1.33. The minimum Gasteiger partial charge on any atom is -0.490 e. The van der Waals surface area contributed by atoms with Crippen LogP contribution in [0.5, 0.6) is 11.5 Å². The second-order valence-corrected chi connectivity index (χ2v) is 8.59. The average Bonchev–Trinajstić information content (AvgIpc) is 3.22. The number of benzene rings is 1. The maximum atomic E-state index is 13.2. The van der Waals surface area contributed by atoms with Gasteiger partial charge < -0.3 is 24.1 Å². The van der Waals surface area contributed by atoms with Crippen molar-refractivity contribution < 1.29 is 23.5 Å². The molecule has 1 fully saturated rings. The average molecular weight is 427 g/mol. The molecular formula is C24H30N2O5. The Morgan fingerprint density at radius 3 is 2.65 bits per heavy atom. The summed E-state index contributed by atoms with van der Waals surface area (Å²) >= 11 is 0. The zero-order valence-corrected chi connectivity index (χ0v) is 18.1. The van der Waals surface area contributed by atoms with Crippen molar-refractivity contribution in [2.45, 2.75) is 39.2 Å². The molecule has 1 N–H and O–H groups in total. The van der Waals surface area contributed by atoms with E-state index in [9.17, 15) is 9.59 Å². The van der Waals surface area contributed by atoms with Gasteiger partial charge in [-0.15, -0.1) is 0 Å². The fraction of sp³-hybridized carbons (Fsp3) is 0.500. The SMILES string of the molecule is CC(C)C(NC(=O)C1CCCN(C(=O)c2ccoc2)C1)c1ccc2c(c1)OCCCO2. The highest BCUT2D eigenvalue weighted by Crippen LogP contribution is 2.34. The summed E-state index contributed by atoms with van der Waals surface area (Å²) in [5, 5.41) is 3.23. The molecule has 2 atom stereocenters. The van der Waals surface area contributed by atoms with Crippen LogP contribution in [-0.2, 0) is 4.79 Å². The first-order valence-electron chi connectivity index (χ1n) is 11.0. The number of fused-ring (bicyclic) bond motifs is 1. The van der Waals surface area contributed by atoms with E-state index in [2.05, 4.69) is 19.2 Å². The second kappa shape index (κ2) is 9.45. The van der Waals surface area contributed by atoms with Crippen molar-refractivity contribution in [2.75, 3.05) is 26.3 Å². The number of carbonyl (C=O) groups excluding carboxylic acids is 2. The largest absolute Gasteiger partial charge is 0.490 e. The Kier molecular flexibility index (Phi) is 6.49. The number of nitrogens with zero attached hydrogens (tertiary/aromatic N) is 1. The van der Waals surface area contributed by atoms with E-state index in [-0.39, 0.29) is 29.7 Å². The van der Waals surface area contributed by atoms with Crippen LogP contribution in [-0.4, -0.2) is 43.0 Å². The van der Waals surface area contributed by atoms with Gasteiger partial charge in [-0.3, -0.25) is 9.59 Å². The van der Waals surface area contributed by atoms with E-state index in [0.29, 0.717) is 31.9 Å². The van der Waals surface area contributed by atoms with Crippen molar-refractivity contribution >= 4 is 11.8 Å². The maximum Gasteiger partial charge on any atom is 0.257 e. The highest BCUT2D eigenvalue weighted by molar-refractivity contribution is 5.94. The van der Waals surface area contributed by atoms with Crippen LogP contribution in [0.15, 0.2) is 41.2 Å². The van der Waals surface area contributed by atoms with Gasteiger partial charge in [0.1, 0.15) is 6.26 Å². The van der Waals surface area contributed by atoms with Gasteiger partial charge in [0, 0.05) is 19.5 Å². The van der Waals surface area contributed by atoms with E-state index >= 15 is 0 Å². The van der Waals surface area contributed by atoms with Gasteiger partial charge in [-0.05, 0) is 42.5 Å². The summed E-state index contributed by atoms with van der Waals surface area (Å²) in [6, 6.07) is 7.40. The third kappa shape index (κ3) is 4.86. The number of nitrogens with one attached hydrogen (secondary N) is 1. The van der Waals surface area contributed by atoms with Gasteiger partial charge in [0.2, 0.25) is 5.91 Å². The number of rotatable bonds is 5. The summed E-state index contributed by atoms with van der Waals surface area (Å²) in [4.78, 5) is 27.6. The lowest BCUT2D eigenvalue weighted by Crippen LogP contribution is -2.46. The molecule has 7 nitrogen and oxygen atoms in total. The van der Waals surface area contributed by atoms with Crippen LogP contribution in [0.4, 0.5) is 0 Å². The first-order chi connectivity index (χ1) is 15.0. The normalized spacial score (nSPS) is 19.6. The van der Waals surface area contributed by atoms with Crippen LogP contribution in [0.3, 0.4) is 0 Å². The van der Waals surface area contributed by atoms with E-state index in [1.807, 2.05) is 18.2 Å². The molecule has 31 heavy (non-hydrogen) atoms. The topological polar surface area (TPSA) is 81.0 Å². The minimum atomic E-state index is -0.230. The Morgan fingerprint density at radius 1 is 1.10 bits per heavy atom.